The number of hydrogen-bond donors (Lipinski definition) is 0. The van der Waals surface area contributed by atoms with Crippen molar-refractivity contribution in [3.05, 3.63) is 47.8 Å². The molecule has 0 radical (unpaired) electrons. The summed E-state index contributed by atoms with van der Waals surface area (Å²) in [4.78, 5) is 11.0. The lowest BCUT2D eigenvalue weighted by Crippen LogP contribution is -2.38. The Balaban J connectivity index is 1.57. The first kappa shape index (κ1) is 14.3. The molecule has 3 heterocycles. The Morgan fingerprint density at radius 3 is 2.68 bits per heavy atom. The Kier molecular flexibility index (Phi) is 4.19. The third-order valence-electron chi connectivity index (χ3n) is 3.79. The van der Waals surface area contributed by atoms with Gasteiger partial charge in [-0.2, -0.15) is 5.26 Å². The van der Waals surface area contributed by atoms with Crippen molar-refractivity contribution in [1.29, 1.82) is 5.26 Å². The first-order valence-corrected chi connectivity index (χ1v) is 7.46. The fraction of sp³-hybridized carbons (Fsp3) is 0.353. The molecule has 0 atom stereocenters. The number of pyridine rings is 2. The number of hydrogen-bond acceptors (Lipinski definition) is 5. The molecule has 0 amide bonds. The minimum atomic E-state index is 0.198. The molecule has 0 bridgehead atoms. The molecule has 0 saturated carbocycles. The second-order valence-electron chi connectivity index (χ2n) is 5.44. The minimum absolute atomic E-state index is 0.198. The van der Waals surface area contributed by atoms with Gasteiger partial charge in [0.15, 0.2) is 0 Å². The summed E-state index contributed by atoms with van der Waals surface area (Å²) in [6, 6.07) is 11.6. The molecule has 0 N–H and O–H groups in total. The van der Waals surface area contributed by atoms with Crippen LogP contribution in [0.4, 0.5) is 5.82 Å². The Hall–Kier alpha value is -2.61. The third kappa shape index (κ3) is 3.34. The Bertz CT molecular complexity index is 670. The van der Waals surface area contributed by atoms with Crippen LogP contribution in [-0.4, -0.2) is 29.2 Å². The predicted octanol–water partition coefficient (Wildman–Crippen LogP) is 2.70. The summed E-state index contributed by atoms with van der Waals surface area (Å²) in [5.41, 5.74) is 1.56. The molecule has 0 aromatic carbocycles. The number of ether oxygens (including phenoxy) is 1. The molecule has 1 aliphatic heterocycles. The number of anilines is 1. The first-order chi connectivity index (χ1) is 10.7. The molecule has 1 fully saturated rings. The maximum atomic E-state index is 8.81. The minimum Gasteiger partial charge on any atom is -0.474 e. The summed E-state index contributed by atoms with van der Waals surface area (Å²) in [6.07, 6.45) is 3.70. The van der Waals surface area contributed by atoms with E-state index in [1.165, 1.54) is 0 Å². The van der Waals surface area contributed by atoms with Gasteiger partial charge >= 0.3 is 0 Å². The monoisotopic (exact) mass is 294 g/mol. The fourth-order valence-corrected chi connectivity index (χ4v) is 2.60. The van der Waals surface area contributed by atoms with Gasteiger partial charge in [-0.25, -0.2) is 9.97 Å². The number of aromatic nitrogens is 2. The van der Waals surface area contributed by atoms with Gasteiger partial charge in [0.1, 0.15) is 18.0 Å². The van der Waals surface area contributed by atoms with Gasteiger partial charge in [0.2, 0.25) is 5.88 Å². The Labute approximate surface area is 130 Å². The zero-order valence-electron chi connectivity index (χ0n) is 12.6. The van der Waals surface area contributed by atoms with Crippen LogP contribution in [0.2, 0.25) is 0 Å². The van der Waals surface area contributed by atoms with Gasteiger partial charge in [-0.05, 0) is 25.1 Å². The lowest BCUT2D eigenvalue weighted by molar-refractivity contribution is 0.163. The van der Waals surface area contributed by atoms with E-state index in [1.54, 1.807) is 6.20 Å². The zero-order chi connectivity index (χ0) is 15.4. The number of piperidine rings is 1. The third-order valence-corrected chi connectivity index (χ3v) is 3.79. The SMILES string of the molecule is Cc1cccc(OC2CCN(c3ccc(C#N)cn3)CC2)n1. The number of nitrogens with zero attached hydrogens (tertiary/aromatic N) is 4. The van der Waals surface area contributed by atoms with Crippen LogP contribution in [0.25, 0.3) is 0 Å². The smallest absolute Gasteiger partial charge is 0.213 e. The number of nitriles is 1. The summed E-state index contributed by atoms with van der Waals surface area (Å²) < 4.78 is 5.96. The maximum absolute atomic E-state index is 8.81. The molecular formula is C17H18N4O. The Morgan fingerprint density at radius 1 is 1.23 bits per heavy atom. The highest BCUT2D eigenvalue weighted by Gasteiger charge is 2.21. The molecule has 112 valence electrons. The lowest BCUT2D eigenvalue weighted by Gasteiger charge is -2.32. The average molecular weight is 294 g/mol. The standard InChI is InChI=1S/C17H18N4O/c1-13-3-2-4-17(20-13)22-15-7-9-21(10-8-15)16-6-5-14(11-18)12-19-16/h2-6,12,15H,7-10H2,1H3. The van der Waals surface area contributed by atoms with Crippen LogP contribution in [-0.2, 0) is 0 Å². The van der Waals surface area contributed by atoms with E-state index < -0.39 is 0 Å². The van der Waals surface area contributed by atoms with Gasteiger partial charge in [0, 0.05) is 43.9 Å². The van der Waals surface area contributed by atoms with Crippen LogP contribution in [0.15, 0.2) is 36.5 Å². The molecule has 0 aliphatic carbocycles. The molecule has 1 saturated heterocycles. The molecule has 2 aromatic heterocycles. The van der Waals surface area contributed by atoms with E-state index in [0.717, 1.165) is 37.4 Å². The van der Waals surface area contributed by atoms with Gasteiger partial charge < -0.3 is 9.64 Å². The van der Waals surface area contributed by atoms with E-state index in [4.69, 9.17) is 10.00 Å². The molecule has 22 heavy (non-hydrogen) atoms. The van der Waals surface area contributed by atoms with E-state index in [-0.39, 0.29) is 6.10 Å². The highest BCUT2D eigenvalue weighted by Crippen LogP contribution is 2.21. The first-order valence-electron chi connectivity index (χ1n) is 7.46. The van der Waals surface area contributed by atoms with E-state index in [0.29, 0.717) is 11.4 Å². The quantitative estimate of drug-likeness (QED) is 0.871. The maximum Gasteiger partial charge on any atom is 0.213 e. The molecule has 3 rings (SSSR count). The van der Waals surface area contributed by atoms with Crippen LogP contribution in [0.1, 0.15) is 24.1 Å². The molecule has 0 unspecified atom stereocenters. The molecule has 1 aliphatic rings. The van der Waals surface area contributed by atoms with Crippen LogP contribution < -0.4 is 9.64 Å². The normalized spacial score (nSPS) is 15.4. The highest BCUT2D eigenvalue weighted by molar-refractivity contribution is 5.42. The van der Waals surface area contributed by atoms with Gasteiger partial charge in [-0.1, -0.05) is 6.07 Å². The second kappa shape index (κ2) is 6.44. The largest absolute Gasteiger partial charge is 0.474 e. The molecular weight excluding hydrogens is 276 g/mol. The van der Waals surface area contributed by atoms with E-state index in [9.17, 15) is 0 Å². The van der Waals surface area contributed by atoms with Crippen molar-refractivity contribution in [2.24, 2.45) is 0 Å². The molecule has 2 aromatic rings. The number of aryl methyl sites for hydroxylation is 1. The van der Waals surface area contributed by atoms with Crippen LogP contribution in [0.3, 0.4) is 0 Å². The van der Waals surface area contributed by atoms with Crippen molar-refractivity contribution in [1.82, 2.24) is 9.97 Å². The topological polar surface area (TPSA) is 62.0 Å². The highest BCUT2D eigenvalue weighted by atomic mass is 16.5. The zero-order valence-corrected chi connectivity index (χ0v) is 12.6. The van der Waals surface area contributed by atoms with E-state index in [2.05, 4.69) is 20.9 Å². The average Bonchev–Trinajstić information content (AvgIpc) is 2.56. The van der Waals surface area contributed by atoms with Crippen LogP contribution >= 0.6 is 0 Å². The fourth-order valence-electron chi connectivity index (χ4n) is 2.60. The Morgan fingerprint density at radius 2 is 2.05 bits per heavy atom. The van der Waals surface area contributed by atoms with Crippen LogP contribution in [0, 0.1) is 18.3 Å². The predicted molar refractivity (Wildman–Crippen MR) is 83.8 cm³/mol. The van der Waals surface area contributed by atoms with Crippen molar-refractivity contribution in [3.63, 3.8) is 0 Å². The van der Waals surface area contributed by atoms with Crippen molar-refractivity contribution < 1.29 is 4.74 Å². The van der Waals surface area contributed by atoms with Gasteiger partial charge in [-0.3, -0.25) is 0 Å². The van der Waals surface area contributed by atoms with Gasteiger partial charge in [0.05, 0.1) is 5.56 Å². The summed E-state index contributed by atoms with van der Waals surface area (Å²) >= 11 is 0. The second-order valence-corrected chi connectivity index (χ2v) is 5.44. The summed E-state index contributed by atoms with van der Waals surface area (Å²) in [7, 11) is 0. The van der Waals surface area contributed by atoms with Gasteiger partial charge in [0.25, 0.3) is 0 Å². The van der Waals surface area contributed by atoms with E-state index >= 15 is 0 Å². The van der Waals surface area contributed by atoms with Gasteiger partial charge in [-0.15, -0.1) is 0 Å². The molecule has 5 heteroatoms. The van der Waals surface area contributed by atoms with Crippen molar-refractivity contribution in [3.8, 4) is 11.9 Å². The molecule has 5 nitrogen and oxygen atoms in total. The summed E-state index contributed by atoms with van der Waals surface area (Å²) in [6.45, 7) is 3.76. The number of rotatable bonds is 3. The van der Waals surface area contributed by atoms with Crippen molar-refractivity contribution in [2.45, 2.75) is 25.9 Å². The summed E-state index contributed by atoms with van der Waals surface area (Å²) in [5, 5.41) is 8.81. The van der Waals surface area contributed by atoms with Crippen molar-refractivity contribution >= 4 is 5.82 Å². The van der Waals surface area contributed by atoms with Crippen LogP contribution in [0.5, 0.6) is 5.88 Å². The summed E-state index contributed by atoms with van der Waals surface area (Å²) in [5.74, 6) is 1.63. The van der Waals surface area contributed by atoms with Crippen molar-refractivity contribution in [2.75, 3.05) is 18.0 Å². The lowest BCUT2D eigenvalue weighted by atomic mass is 10.1. The molecule has 0 spiro atoms. The van der Waals surface area contributed by atoms with E-state index in [1.807, 2.05) is 37.3 Å².